The first-order chi connectivity index (χ1) is 26.4. The summed E-state index contributed by atoms with van der Waals surface area (Å²) in [6.07, 6.45) is 3.07. The van der Waals surface area contributed by atoms with Gasteiger partial charge in [0.2, 0.25) is 11.8 Å². The van der Waals surface area contributed by atoms with Gasteiger partial charge in [0, 0.05) is 29.8 Å². The third kappa shape index (κ3) is 8.33. The number of halogens is 1. The summed E-state index contributed by atoms with van der Waals surface area (Å²) >= 11 is 0. The molecule has 6 rings (SSSR count). The maximum atomic E-state index is 15.5. The van der Waals surface area contributed by atoms with Gasteiger partial charge < -0.3 is 39.9 Å². The topological polar surface area (TPSA) is 175 Å². The van der Waals surface area contributed by atoms with Gasteiger partial charge in [-0.25, -0.2) is 23.9 Å². The molecule has 0 radical (unpaired) electrons. The molecular formula is C40H45FN8O6. The molecule has 2 aromatic heterocycles. The highest BCUT2D eigenvalue weighted by Crippen LogP contribution is 2.34. The van der Waals surface area contributed by atoms with Crippen LogP contribution in [0.3, 0.4) is 0 Å². The van der Waals surface area contributed by atoms with Crippen LogP contribution in [0.5, 0.6) is 0 Å². The highest BCUT2D eigenvalue weighted by Gasteiger charge is 2.38. The van der Waals surface area contributed by atoms with Gasteiger partial charge in [-0.2, -0.15) is 0 Å². The molecule has 14 nitrogen and oxygen atoms in total. The molecule has 4 amide bonds. The van der Waals surface area contributed by atoms with Gasteiger partial charge in [-0.05, 0) is 80.5 Å². The third-order valence-corrected chi connectivity index (χ3v) is 9.99. The number of aromatic amines is 2. The average Bonchev–Trinajstić information content (AvgIpc) is 4.00. The molecule has 0 bridgehead atoms. The number of alkyl carbamates (subject to hydrolysis) is 2. The molecule has 288 valence electrons. The summed E-state index contributed by atoms with van der Waals surface area (Å²) in [4.78, 5) is 70.0. The van der Waals surface area contributed by atoms with E-state index in [0.717, 1.165) is 30.3 Å². The van der Waals surface area contributed by atoms with Crippen molar-refractivity contribution in [1.82, 2.24) is 40.4 Å². The zero-order valence-corrected chi connectivity index (χ0v) is 31.5. The van der Waals surface area contributed by atoms with E-state index in [-0.39, 0.29) is 29.8 Å². The van der Waals surface area contributed by atoms with Crippen LogP contribution in [0.2, 0.25) is 0 Å². The lowest BCUT2D eigenvalue weighted by atomic mass is 10.0. The molecule has 4 aromatic rings. The molecule has 4 atom stereocenters. The van der Waals surface area contributed by atoms with Crippen LogP contribution in [0.1, 0.15) is 81.3 Å². The smallest absolute Gasteiger partial charge is 0.407 e. The largest absolute Gasteiger partial charge is 0.453 e. The molecule has 0 spiro atoms. The van der Waals surface area contributed by atoms with Gasteiger partial charge in [-0.1, -0.05) is 32.3 Å². The van der Waals surface area contributed by atoms with Crippen LogP contribution in [0, 0.1) is 23.6 Å². The number of fused-ring (bicyclic) bond motifs is 1. The molecule has 4 heterocycles. The molecule has 0 aliphatic carbocycles. The van der Waals surface area contributed by atoms with E-state index < -0.39 is 30.1 Å². The van der Waals surface area contributed by atoms with Gasteiger partial charge in [0.05, 0.1) is 49.2 Å². The van der Waals surface area contributed by atoms with E-state index in [9.17, 15) is 19.2 Å². The number of ether oxygens (including phenoxy) is 2. The van der Waals surface area contributed by atoms with E-state index in [1.54, 1.807) is 35.1 Å². The molecule has 4 unspecified atom stereocenters. The van der Waals surface area contributed by atoms with Crippen molar-refractivity contribution in [3.05, 3.63) is 83.3 Å². The summed E-state index contributed by atoms with van der Waals surface area (Å²) in [5, 5.41) is 5.21. The molecule has 4 N–H and O–H groups in total. The second-order valence-electron chi connectivity index (χ2n) is 14.1. The fourth-order valence-electron chi connectivity index (χ4n) is 7.11. The lowest BCUT2D eigenvalue weighted by Crippen LogP contribution is -2.51. The Balaban J connectivity index is 1.15. The van der Waals surface area contributed by atoms with E-state index in [1.807, 2.05) is 32.0 Å². The lowest BCUT2D eigenvalue weighted by molar-refractivity contribution is -0.135. The van der Waals surface area contributed by atoms with Crippen molar-refractivity contribution in [2.75, 3.05) is 27.3 Å². The van der Waals surface area contributed by atoms with Crippen LogP contribution in [-0.4, -0.2) is 93.1 Å². The molecular weight excluding hydrogens is 707 g/mol. The zero-order chi connectivity index (χ0) is 39.4. The first-order valence-corrected chi connectivity index (χ1v) is 18.2. The molecule has 2 fully saturated rings. The fraction of sp³-hybridized carbons (Fsp3) is 0.400. The summed E-state index contributed by atoms with van der Waals surface area (Å²) in [6.45, 7) is 10.3. The van der Waals surface area contributed by atoms with Crippen LogP contribution in [-0.2, 0) is 19.1 Å². The number of hydrogen-bond donors (Lipinski definition) is 4. The summed E-state index contributed by atoms with van der Waals surface area (Å²) in [5.41, 5.74) is 3.87. The Morgan fingerprint density at radius 3 is 2.15 bits per heavy atom. The number of likely N-dealkylation sites (tertiary alicyclic amines) is 2. The van der Waals surface area contributed by atoms with Crippen molar-refractivity contribution in [2.45, 2.75) is 70.6 Å². The summed E-state index contributed by atoms with van der Waals surface area (Å²) < 4.78 is 24.9. The van der Waals surface area contributed by atoms with Crippen molar-refractivity contribution in [1.29, 1.82) is 0 Å². The molecule has 2 aliphatic rings. The minimum absolute atomic E-state index is 0.139. The highest BCUT2D eigenvalue weighted by atomic mass is 19.1. The molecule has 55 heavy (non-hydrogen) atoms. The molecule has 2 aromatic carbocycles. The summed E-state index contributed by atoms with van der Waals surface area (Å²) in [7, 11) is 2.49. The van der Waals surface area contributed by atoms with E-state index in [1.165, 1.54) is 20.3 Å². The zero-order valence-electron chi connectivity index (χ0n) is 31.5. The number of rotatable bonds is 9. The molecule has 2 aliphatic heterocycles. The van der Waals surface area contributed by atoms with Crippen LogP contribution >= 0.6 is 0 Å². The number of benzene rings is 2. The summed E-state index contributed by atoms with van der Waals surface area (Å²) in [5.74, 6) is 6.19. The highest BCUT2D eigenvalue weighted by molar-refractivity contribution is 5.89. The van der Waals surface area contributed by atoms with Crippen molar-refractivity contribution in [2.24, 2.45) is 5.92 Å². The Hall–Kier alpha value is -6.17. The number of carbonyl (C=O) groups is 4. The quantitative estimate of drug-likeness (QED) is 0.128. The van der Waals surface area contributed by atoms with Crippen LogP contribution in [0.4, 0.5) is 14.0 Å². The Labute approximate surface area is 318 Å². The van der Waals surface area contributed by atoms with E-state index in [2.05, 4.69) is 48.7 Å². The molecule has 2 saturated heterocycles. The standard InChI is InChI=1S/C40H45FN8O6/c1-22(2)33(46-39(52)54-5)37(50)48-17-7-9-31(48)35-42-21-30(45-35)26-15-13-24(19-27(26)41)11-12-25-14-16-28-29(20-25)44-36(43-28)32-10-8-18-49(32)38(51)34(23(3)4)47-40(53)55-6/h13-16,19-21,23,31-34H,1,7-10,17-18H2,2-6H3,(H,42,45)(H,43,44)(H,46,52)(H,47,53). The predicted octanol–water partition coefficient (Wildman–Crippen LogP) is 5.50. The maximum Gasteiger partial charge on any atom is 0.407 e. The number of hydrogen-bond acceptors (Lipinski definition) is 8. The number of carbonyl (C=O) groups excluding carboxylic acids is 4. The average molecular weight is 753 g/mol. The monoisotopic (exact) mass is 752 g/mol. The number of nitrogens with zero attached hydrogens (tertiary/aromatic N) is 4. The normalized spacial score (nSPS) is 17.7. The van der Waals surface area contributed by atoms with Crippen molar-refractivity contribution < 1.29 is 33.0 Å². The first kappa shape index (κ1) is 38.6. The van der Waals surface area contributed by atoms with Crippen LogP contribution < -0.4 is 10.6 Å². The second kappa shape index (κ2) is 16.5. The van der Waals surface area contributed by atoms with E-state index in [4.69, 9.17) is 9.72 Å². The van der Waals surface area contributed by atoms with Crippen LogP contribution in [0.15, 0.2) is 54.7 Å². The lowest BCUT2D eigenvalue weighted by Gasteiger charge is -2.29. The Morgan fingerprint density at radius 1 is 0.891 bits per heavy atom. The van der Waals surface area contributed by atoms with Crippen molar-refractivity contribution in [3.63, 3.8) is 0 Å². The van der Waals surface area contributed by atoms with E-state index in [0.29, 0.717) is 59.1 Å². The van der Waals surface area contributed by atoms with Gasteiger partial charge in [-0.15, -0.1) is 0 Å². The van der Waals surface area contributed by atoms with Gasteiger partial charge >= 0.3 is 12.2 Å². The molecule has 15 heteroatoms. The number of amides is 4. The Kier molecular flexibility index (Phi) is 11.5. The summed E-state index contributed by atoms with van der Waals surface area (Å²) in [6, 6.07) is 7.95. The SMILES string of the molecule is C=C(C)C(NC(=O)OC)C(=O)N1CCCC1c1ncc(-c2ccc(C#Cc3ccc4nc(C5CCCN5C(=O)C(NC(=O)OC)C(C)C)[nH]c4c3)cc2F)[nH]1. The maximum absolute atomic E-state index is 15.5. The third-order valence-electron chi connectivity index (χ3n) is 9.99. The van der Waals surface area contributed by atoms with Crippen LogP contribution in [0.25, 0.3) is 22.3 Å². The minimum atomic E-state index is -0.950. The fourth-order valence-corrected chi connectivity index (χ4v) is 7.11. The molecule has 0 saturated carbocycles. The second-order valence-corrected chi connectivity index (χ2v) is 14.1. The Bertz CT molecular complexity index is 2180. The number of imidazole rings is 2. The van der Waals surface area contributed by atoms with Gasteiger partial charge in [-0.3, -0.25) is 9.59 Å². The number of aromatic nitrogens is 4. The van der Waals surface area contributed by atoms with Crippen molar-refractivity contribution >= 4 is 35.0 Å². The number of methoxy groups -OCH3 is 2. The first-order valence-electron chi connectivity index (χ1n) is 18.2. The number of H-pyrrole nitrogens is 2. The van der Waals surface area contributed by atoms with Gasteiger partial charge in [0.15, 0.2) is 0 Å². The number of nitrogens with one attached hydrogen (secondary N) is 4. The van der Waals surface area contributed by atoms with Crippen molar-refractivity contribution in [3.8, 4) is 23.1 Å². The Morgan fingerprint density at radius 2 is 1.51 bits per heavy atom. The van der Waals surface area contributed by atoms with Gasteiger partial charge in [0.1, 0.15) is 29.5 Å². The van der Waals surface area contributed by atoms with E-state index >= 15 is 4.39 Å². The van der Waals surface area contributed by atoms with Gasteiger partial charge in [0.25, 0.3) is 0 Å². The minimum Gasteiger partial charge on any atom is -0.453 e. The predicted molar refractivity (Wildman–Crippen MR) is 202 cm³/mol.